The monoisotopic (exact) mass is 301 g/mol. The molecule has 6 heteroatoms. The van der Waals surface area contributed by atoms with Crippen molar-refractivity contribution in [2.75, 3.05) is 11.4 Å². The first-order valence-corrected chi connectivity index (χ1v) is 6.54. The van der Waals surface area contributed by atoms with Crippen LogP contribution in [0.1, 0.15) is 11.3 Å². The Kier molecular flexibility index (Phi) is 4.75. The summed E-state index contributed by atoms with van der Waals surface area (Å²) in [5, 5.41) is 18.6. The maximum absolute atomic E-state index is 11.1. The van der Waals surface area contributed by atoms with Crippen molar-refractivity contribution in [3.05, 3.63) is 58.9 Å². The summed E-state index contributed by atoms with van der Waals surface area (Å²) in [5.74, 6) is -0.961. The minimum absolute atomic E-state index is 0.194. The molecule has 0 aliphatic rings. The van der Waals surface area contributed by atoms with Gasteiger partial charge in [0.05, 0.1) is 0 Å². The largest absolute Gasteiger partial charge is 0.480 e. The first-order chi connectivity index (χ1) is 10.1. The number of carbonyl (C=O) groups is 1. The van der Waals surface area contributed by atoms with Crippen LogP contribution in [-0.2, 0) is 11.3 Å². The molecule has 1 N–H and O–H groups in total. The second kappa shape index (κ2) is 6.73. The zero-order valence-electron chi connectivity index (χ0n) is 11.0. The lowest BCUT2D eigenvalue weighted by atomic mass is 10.1. The number of pyridine rings is 1. The molecule has 0 aliphatic carbocycles. The highest BCUT2D eigenvalue weighted by Crippen LogP contribution is 2.21. The molecule has 0 radical (unpaired) electrons. The number of rotatable bonds is 5. The van der Waals surface area contributed by atoms with Gasteiger partial charge in [0.15, 0.2) is 0 Å². The number of carboxylic acids is 1. The Morgan fingerprint density at radius 1 is 1.38 bits per heavy atom. The van der Waals surface area contributed by atoms with Gasteiger partial charge in [0, 0.05) is 29.0 Å². The van der Waals surface area contributed by atoms with Gasteiger partial charge in [0.25, 0.3) is 0 Å². The number of nitrogens with zero attached hydrogens (tertiary/aromatic N) is 3. The fourth-order valence-corrected chi connectivity index (χ4v) is 2.13. The number of aromatic nitrogens is 1. The van der Waals surface area contributed by atoms with E-state index in [9.17, 15) is 4.79 Å². The van der Waals surface area contributed by atoms with Gasteiger partial charge in [-0.05, 0) is 24.3 Å². The van der Waals surface area contributed by atoms with Crippen molar-refractivity contribution in [2.24, 2.45) is 0 Å². The van der Waals surface area contributed by atoms with Crippen LogP contribution in [0.15, 0.2) is 42.6 Å². The number of anilines is 1. The van der Waals surface area contributed by atoms with Gasteiger partial charge < -0.3 is 10.0 Å². The highest BCUT2D eigenvalue weighted by molar-refractivity contribution is 6.30. The fraction of sp³-hybridized carbons (Fsp3) is 0.133. The Morgan fingerprint density at radius 3 is 2.86 bits per heavy atom. The van der Waals surface area contributed by atoms with Crippen LogP contribution >= 0.6 is 11.6 Å². The third-order valence-corrected chi connectivity index (χ3v) is 3.09. The number of hydrogen-bond acceptors (Lipinski definition) is 4. The fourth-order valence-electron chi connectivity index (χ4n) is 1.95. The first-order valence-electron chi connectivity index (χ1n) is 6.16. The van der Waals surface area contributed by atoms with E-state index in [1.54, 1.807) is 41.3 Å². The van der Waals surface area contributed by atoms with Crippen LogP contribution in [-0.4, -0.2) is 22.6 Å². The lowest BCUT2D eigenvalue weighted by Gasteiger charge is -2.23. The minimum Gasteiger partial charge on any atom is -0.480 e. The summed E-state index contributed by atoms with van der Waals surface area (Å²) < 4.78 is 0. The molecule has 0 unspecified atom stereocenters. The highest BCUT2D eigenvalue weighted by atomic mass is 35.5. The van der Waals surface area contributed by atoms with Gasteiger partial charge >= 0.3 is 5.97 Å². The minimum atomic E-state index is -0.961. The Balaban J connectivity index is 2.33. The number of benzene rings is 1. The van der Waals surface area contributed by atoms with E-state index in [1.807, 2.05) is 6.07 Å². The second-order valence-corrected chi connectivity index (χ2v) is 4.79. The lowest BCUT2D eigenvalue weighted by Crippen LogP contribution is -2.29. The quantitative estimate of drug-likeness (QED) is 0.918. The molecule has 0 bridgehead atoms. The van der Waals surface area contributed by atoms with E-state index < -0.39 is 5.97 Å². The molecule has 2 rings (SSSR count). The van der Waals surface area contributed by atoms with Crippen molar-refractivity contribution in [1.82, 2.24) is 4.98 Å². The Labute approximate surface area is 127 Å². The molecule has 0 atom stereocenters. The molecular weight excluding hydrogens is 290 g/mol. The van der Waals surface area contributed by atoms with E-state index in [0.717, 1.165) is 0 Å². The molecule has 5 nitrogen and oxygen atoms in total. The maximum atomic E-state index is 11.1. The van der Waals surface area contributed by atoms with E-state index in [1.165, 1.54) is 6.20 Å². The molecule has 0 fully saturated rings. The third kappa shape index (κ3) is 3.94. The van der Waals surface area contributed by atoms with Crippen LogP contribution in [0.3, 0.4) is 0 Å². The zero-order chi connectivity index (χ0) is 15.2. The van der Waals surface area contributed by atoms with Crippen LogP contribution in [0, 0.1) is 11.3 Å². The molecule has 0 spiro atoms. The van der Waals surface area contributed by atoms with Crippen LogP contribution in [0.2, 0.25) is 5.02 Å². The molecule has 0 amide bonds. The van der Waals surface area contributed by atoms with Crippen molar-refractivity contribution >= 4 is 23.3 Å². The van der Waals surface area contributed by atoms with E-state index in [0.29, 0.717) is 16.3 Å². The third-order valence-electron chi connectivity index (χ3n) is 2.86. The van der Waals surface area contributed by atoms with Gasteiger partial charge in [-0.2, -0.15) is 5.26 Å². The van der Waals surface area contributed by atoms with Crippen molar-refractivity contribution in [2.45, 2.75) is 6.54 Å². The summed E-state index contributed by atoms with van der Waals surface area (Å²) in [6.45, 7) is 0.0729. The predicted molar refractivity (Wildman–Crippen MR) is 79.1 cm³/mol. The van der Waals surface area contributed by atoms with Crippen LogP contribution in [0.4, 0.5) is 5.69 Å². The zero-order valence-corrected chi connectivity index (χ0v) is 11.8. The second-order valence-electron chi connectivity index (χ2n) is 4.35. The average molecular weight is 302 g/mol. The predicted octanol–water partition coefficient (Wildman–Crippen LogP) is 2.70. The van der Waals surface area contributed by atoms with Crippen molar-refractivity contribution in [3.8, 4) is 6.07 Å². The van der Waals surface area contributed by atoms with Gasteiger partial charge in [-0.3, -0.25) is 4.79 Å². The van der Waals surface area contributed by atoms with Gasteiger partial charge in [-0.1, -0.05) is 23.7 Å². The molecule has 0 aliphatic heterocycles. The Hall–Kier alpha value is -2.58. The van der Waals surface area contributed by atoms with Gasteiger partial charge in [0.1, 0.15) is 18.3 Å². The summed E-state index contributed by atoms with van der Waals surface area (Å²) in [6, 6.07) is 12.4. The van der Waals surface area contributed by atoms with Crippen LogP contribution in [0.5, 0.6) is 0 Å². The number of nitriles is 1. The van der Waals surface area contributed by atoms with Crippen LogP contribution in [0.25, 0.3) is 0 Å². The number of aliphatic carboxylic acids is 1. The van der Waals surface area contributed by atoms with Crippen molar-refractivity contribution < 1.29 is 9.90 Å². The van der Waals surface area contributed by atoms with E-state index in [4.69, 9.17) is 22.0 Å². The topological polar surface area (TPSA) is 77.2 Å². The molecule has 0 saturated carbocycles. The molecule has 106 valence electrons. The van der Waals surface area contributed by atoms with Crippen LogP contribution < -0.4 is 4.90 Å². The highest BCUT2D eigenvalue weighted by Gasteiger charge is 2.14. The SMILES string of the molecule is N#Cc1ncccc1CN(CC(=O)O)c1cccc(Cl)c1. The van der Waals surface area contributed by atoms with Gasteiger partial charge in [-0.25, -0.2) is 4.98 Å². The normalized spacial score (nSPS) is 9.90. The summed E-state index contributed by atoms with van der Waals surface area (Å²) in [4.78, 5) is 16.7. The average Bonchev–Trinajstić information content (AvgIpc) is 2.46. The number of hydrogen-bond donors (Lipinski definition) is 1. The van der Waals surface area contributed by atoms with E-state index >= 15 is 0 Å². The summed E-state index contributed by atoms with van der Waals surface area (Å²) in [6.07, 6.45) is 1.53. The molecule has 21 heavy (non-hydrogen) atoms. The Morgan fingerprint density at radius 2 is 2.19 bits per heavy atom. The molecule has 0 saturated heterocycles. The van der Waals surface area contributed by atoms with Crippen molar-refractivity contribution in [3.63, 3.8) is 0 Å². The lowest BCUT2D eigenvalue weighted by molar-refractivity contribution is -0.135. The molecule has 1 aromatic carbocycles. The summed E-state index contributed by atoms with van der Waals surface area (Å²) in [5.41, 5.74) is 1.63. The maximum Gasteiger partial charge on any atom is 0.323 e. The van der Waals surface area contributed by atoms with E-state index in [2.05, 4.69) is 4.98 Å². The number of halogens is 1. The molecular formula is C15H12ClN3O2. The summed E-state index contributed by atoms with van der Waals surface area (Å²) >= 11 is 5.95. The molecule has 1 heterocycles. The summed E-state index contributed by atoms with van der Waals surface area (Å²) in [7, 11) is 0. The van der Waals surface area contributed by atoms with Gasteiger partial charge in [-0.15, -0.1) is 0 Å². The smallest absolute Gasteiger partial charge is 0.323 e. The molecule has 2 aromatic rings. The van der Waals surface area contributed by atoms with E-state index in [-0.39, 0.29) is 18.8 Å². The molecule has 1 aromatic heterocycles. The van der Waals surface area contributed by atoms with Crippen molar-refractivity contribution in [1.29, 1.82) is 5.26 Å². The Bertz CT molecular complexity index is 697. The van der Waals surface area contributed by atoms with Gasteiger partial charge in [0.2, 0.25) is 0 Å². The number of carboxylic acid groups (broad SMARTS) is 1. The standard InChI is InChI=1S/C15H12ClN3O2/c16-12-4-1-5-13(7-12)19(10-15(20)21)9-11-3-2-6-18-14(11)8-17/h1-7H,9-10H2,(H,20,21). The first kappa shape index (κ1) is 14.8.